The highest BCUT2D eigenvalue weighted by Crippen LogP contribution is 2.28. The van der Waals surface area contributed by atoms with E-state index in [1.807, 2.05) is 36.4 Å². The average molecular weight is 567 g/mol. The summed E-state index contributed by atoms with van der Waals surface area (Å²) in [7, 11) is 3.12. The van der Waals surface area contributed by atoms with Crippen LogP contribution in [0.5, 0.6) is 11.5 Å². The second kappa shape index (κ2) is 11.4. The average Bonchev–Trinajstić information content (AvgIpc) is 2.91. The lowest BCUT2D eigenvalue weighted by Crippen LogP contribution is -2.24. The number of methoxy groups -OCH3 is 2. The number of benzene rings is 3. The van der Waals surface area contributed by atoms with Gasteiger partial charge in [-0.1, -0.05) is 39.8 Å². The van der Waals surface area contributed by atoms with Gasteiger partial charge in [0.25, 0.3) is 11.5 Å². The van der Waals surface area contributed by atoms with E-state index in [0.717, 1.165) is 21.8 Å². The summed E-state index contributed by atoms with van der Waals surface area (Å²) in [6.07, 6.45) is 0. The molecule has 0 atom stereocenters. The minimum absolute atomic E-state index is 0.0179. The molecule has 8 nitrogen and oxygen atoms in total. The first-order valence-corrected chi connectivity index (χ1v) is 12.6. The quantitative estimate of drug-likeness (QED) is 0.142. The topological polar surface area (TPSA) is 94.8 Å². The lowest BCUT2D eigenvalue weighted by molar-refractivity contribution is -0.118. The number of hydrogen-bond acceptors (Lipinski definition) is 7. The lowest BCUT2D eigenvalue weighted by Gasteiger charge is -2.13. The van der Waals surface area contributed by atoms with Crippen LogP contribution in [0.15, 0.2) is 86.3 Å². The fraction of sp³-hybridized carbons (Fsp3) is 0.154. The highest BCUT2D eigenvalue weighted by molar-refractivity contribution is 9.10. The van der Waals surface area contributed by atoms with Gasteiger partial charge in [-0.3, -0.25) is 14.2 Å². The largest absolute Gasteiger partial charge is 0.493 e. The Hall–Kier alpha value is -3.63. The van der Waals surface area contributed by atoms with Crippen LogP contribution < -0.4 is 20.5 Å². The van der Waals surface area contributed by atoms with E-state index in [1.54, 1.807) is 51.5 Å². The van der Waals surface area contributed by atoms with Crippen LogP contribution in [0.4, 0.5) is 0 Å². The summed E-state index contributed by atoms with van der Waals surface area (Å²) in [6.45, 7) is 1.78. The molecule has 0 saturated heterocycles. The van der Waals surface area contributed by atoms with Crippen LogP contribution in [0.3, 0.4) is 0 Å². The third-order valence-corrected chi connectivity index (χ3v) is 6.78. The van der Waals surface area contributed by atoms with Crippen LogP contribution in [0.2, 0.25) is 0 Å². The first-order chi connectivity index (χ1) is 17.4. The van der Waals surface area contributed by atoms with Crippen molar-refractivity contribution >= 4 is 50.2 Å². The predicted molar refractivity (Wildman–Crippen MR) is 146 cm³/mol. The molecule has 0 aliphatic carbocycles. The third-order valence-electron chi connectivity index (χ3n) is 5.31. The zero-order valence-electron chi connectivity index (χ0n) is 19.8. The molecular formula is C26H23BrN4O4S. The van der Waals surface area contributed by atoms with Crippen molar-refractivity contribution in [3.63, 3.8) is 0 Å². The molecule has 3 aromatic carbocycles. The summed E-state index contributed by atoms with van der Waals surface area (Å²) in [5.74, 6) is 0.864. The number of para-hydroxylation sites is 1. The molecule has 0 fully saturated rings. The lowest BCUT2D eigenvalue weighted by atomic mass is 10.1. The number of fused-ring (bicyclic) bond motifs is 1. The zero-order valence-corrected chi connectivity index (χ0v) is 22.2. The molecule has 36 heavy (non-hydrogen) atoms. The Kier molecular flexibility index (Phi) is 8.07. The van der Waals surface area contributed by atoms with Gasteiger partial charge in [0, 0.05) is 10.0 Å². The van der Waals surface area contributed by atoms with Crippen molar-refractivity contribution in [2.45, 2.75) is 12.1 Å². The summed E-state index contributed by atoms with van der Waals surface area (Å²) in [5.41, 5.74) is 4.98. The van der Waals surface area contributed by atoms with Crippen LogP contribution in [-0.4, -0.2) is 41.1 Å². The van der Waals surface area contributed by atoms with E-state index in [1.165, 1.54) is 4.57 Å². The normalized spacial score (nSPS) is 11.4. The number of halogens is 1. The number of carbonyl (C=O) groups is 1. The van der Waals surface area contributed by atoms with E-state index in [4.69, 9.17) is 9.47 Å². The Morgan fingerprint density at radius 3 is 2.50 bits per heavy atom. The molecule has 4 aromatic rings. The highest BCUT2D eigenvalue weighted by atomic mass is 79.9. The molecule has 0 radical (unpaired) electrons. The summed E-state index contributed by atoms with van der Waals surface area (Å²) < 4.78 is 13.0. The van der Waals surface area contributed by atoms with Crippen molar-refractivity contribution in [2.75, 3.05) is 20.0 Å². The summed E-state index contributed by atoms with van der Waals surface area (Å²) in [5, 5.41) is 5.13. The number of hydrazone groups is 1. The zero-order chi connectivity index (χ0) is 25.7. The van der Waals surface area contributed by atoms with Crippen LogP contribution in [-0.2, 0) is 4.79 Å². The van der Waals surface area contributed by atoms with Gasteiger partial charge in [-0.2, -0.15) is 5.10 Å². The van der Waals surface area contributed by atoms with Gasteiger partial charge in [0.1, 0.15) is 0 Å². The van der Waals surface area contributed by atoms with Gasteiger partial charge < -0.3 is 9.47 Å². The van der Waals surface area contributed by atoms with Crippen LogP contribution >= 0.6 is 27.7 Å². The van der Waals surface area contributed by atoms with Crippen molar-refractivity contribution in [2.24, 2.45) is 5.10 Å². The number of thioether (sulfide) groups is 1. The van der Waals surface area contributed by atoms with Crippen LogP contribution in [0.25, 0.3) is 16.6 Å². The molecule has 1 heterocycles. The standard InChI is InChI=1S/C26H23BrN4O4S/c1-16(17-8-13-22(34-2)23(14-17)35-3)29-30-24(32)15-36-26-28-21-7-5-4-6-20(21)25(33)31(26)19-11-9-18(27)10-12-19/h4-14H,15H2,1-3H3,(H,30,32)/b29-16+. The molecule has 1 amide bonds. The molecule has 0 saturated carbocycles. The molecule has 184 valence electrons. The van der Waals surface area contributed by atoms with Gasteiger partial charge in [-0.25, -0.2) is 10.4 Å². The number of aromatic nitrogens is 2. The van der Waals surface area contributed by atoms with Gasteiger partial charge in [0.05, 0.1) is 42.3 Å². The second-order valence-corrected chi connectivity index (χ2v) is 9.48. The summed E-state index contributed by atoms with van der Waals surface area (Å²) in [4.78, 5) is 30.6. The molecule has 1 N–H and O–H groups in total. The Morgan fingerprint density at radius 1 is 1.06 bits per heavy atom. The molecule has 1 aromatic heterocycles. The predicted octanol–water partition coefficient (Wildman–Crippen LogP) is 4.80. The SMILES string of the molecule is COc1ccc(/C(C)=N/NC(=O)CSc2nc3ccccc3c(=O)n2-c2ccc(Br)cc2)cc1OC. The van der Waals surface area contributed by atoms with E-state index in [-0.39, 0.29) is 17.2 Å². The number of rotatable bonds is 8. The molecule has 0 aliphatic rings. The van der Waals surface area contributed by atoms with Crippen LogP contribution in [0.1, 0.15) is 12.5 Å². The van der Waals surface area contributed by atoms with Gasteiger partial charge in [-0.05, 0) is 61.5 Å². The molecular weight excluding hydrogens is 544 g/mol. The fourth-order valence-electron chi connectivity index (χ4n) is 3.46. The van der Waals surface area contributed by atoms with Crippen molar-refractivity contribution in [1.29, 1.82) is 0 Å². The maximum absolute atomic E-state index is 13.3. The number of carbonyl (C=O) groups excluding carboxylic acids is 1. The smallest absolute Gasteiger partial charge is 0.266 e. The summed E-state index contributed by atoms with van der Waals surface area (Å²) >= 11 is 4.58. The van der Waals surface area contributed by atoms with E-state index < -0.39 is 0 Å². The molecule has 0 aliphatic heterocycles. The Bertz CT molecular complexity index is 1500. The number of amides is 1. The first-order valence-electron chi connectivity index (χ1n) is 10.9. The number of ether oxygens (including phenoxy) is 2. The third kappa shape index (κ3) is 5.60. The van der Waals surface area contributed by atoms with E-state index in [0.29, 0.717) is 39.0 Å². The maximum Gasteiger partial charge on any atom is 0.266 e. The fourth-order valence-corrected chi connectivity index (χ4v) is 4.53. The highest BCUT2D eigenvalue weighted by Gasteiger charge is 2.15. The number of nitrogens with one attached hydrogen (secondary N) is 1. The van der Waals surface area contributed by atoms with Gasteiger partial charge >= 0.3 is 0 Å². The molecule has 4 rings (SSSR count). The van der Waals surface area contributed by atoms with Crippen molar-refractivity contribution in [3.8, 4) is 17.2 Å². The number of nitrogens with zero attached hydrogens (tertiary/aromatic N) is 3. The van der Waals surface area contributed by atoms with E-state index in [2.05, 4.69) is 31.4 Å². The molecule has 0 bridgehead atoms. The van der Waals surface area contributed by atoms with Crippen LogP contribution in [0, 0.1) is 0 Å². The van der Waals surface area contributed by atoms with Crippen molar-refractivity contribution < 1.29 is 14.3 Å². The molecule has 10 heteroatoms. The van der Waals surface area contributed by atoms with Crippen molar-refractivity contribution in [1.82, 2.24) is 15.0 Å². The monoisotopic (exact) mass is 566 g/mol. The van der Waals surface area contributed by atoms with Gasteiger partial charge in [-0.15, -0.1) is 0 Å². The first kappa shape index (κ1) is 25.5. The summed E-state index contributed by atoms with van der Waals surface area (Å²) in [6, 6.07) is 19.9. The van der Waals surface area contributed by atoms with E-state index >= 15 is 0 Å². The van der Waals surface area contributed by atoms with E-state index in [9.17, 15) is 9.59 Å². The minimum atomic E-state index is -0.329. The Labute approximate surface area is 220 Å². The molecule has 0 spiro atoms. The second-order valence-electron chi connectivity index (χ2n) is 7.62. The maximum atomic E-state index is 13.3. The molecule has 0 unspecified atom stereocenters. The number of hydrogen-bond donors (Lipinski definition) is 1. The Balaban J connectivity index is 1.55. The van der Waals surface area contributed by atoms with Gasteiger partial charge in [0.2, 0.25) is 0 Å². The van der Waals surface area contributed by atoms with Gasteiger partial charge in [0.15, 0.2) is 16.7 Å². The van der Waals surface area contributed by atoms with Crippen molar-refractivity contribution in [3.05, 3.63) is 87.1 Å². The minimum Gasteiger partial charge on any atom is -0.493 e. The Morgan fingerprint density at radius 2 is 1.78 bits per heavy atom.